The van der Waals surface area contributed by atoms with Gasteiger partial charge in [0.15, 0.2) is 5.96 Å². The molecule has 0 unspecified atom stereocenters. The summed E-state index contributed by atoms with van der Waals surface area (Å²) in [6, 6.07) is 8.21. The molecule has 0 radical (unpaired) electrons. The number of rotatable bonds is 7. The predicted molar refractivity (Wildman–Crippen MR) is 92.5 cm³/mol. The van der Waals surface area contributed by atoms with E-state index in [9.17, 15) is 0 Å². The summed E-state index contributed by atoms with van der Waals surface area (Å²) in [5, 5.41) is 3.07. The lowest BCUT2D eigenvalue weighted by Crippen LogP contribution is -2.23. The summed E-state index contributed by atoms with van der Waals surface area (Å²) in [6.07, 6.45) is 1.94. The van der Waals surface area contributed by atoms with E-state index in [1.807, 2.05) is 19.1 Å². The second-order valence-electron chi connectivity index (χ2n) is 3.99. The van der Waals surface area contributed by atoms with E-state index in [4.69, 9.17) is 10.5 Å². The number of nitrogens with zero attached hydrogens (tertiary/aromatic N) is 1. The summed E-state index contributed by atoms with van der Waals surface area (Å²) in [7, 11) is 0. The molecular formula is C14H24IN3O. The molecular weight excluding hydrogens is 353 g/mol. The Labute approximate surface area is 132 Å². The van der Waals surface area contributed by atoms with Gasteiger partial charge in [-0.05, 0) is 37.5 Å². The molecule has 5 heteroatoms. The number of aliphatic imine (C=N–C) groups is 1. The minimum Gasteiger partial charge on any atom is -0.382 e. The third-order valence-electron chi connectivity index (χ3n) is 2.57. The van der Waals surface area contributed by atoms with Crippen LogP contribution in [0.2, 0.25) is 0 Å². The molecule has 0 bridgehead atoms. The van der Waals surface area contributed by atoms with E-state index < -0.39 is 0 Å². The van der Waals surface area contributed by atoms with Gasteiger partial charge in [0.25, 0.3) is 0 Å². The van der Waals surface area contributed by atoms with Crippen LogP contribution in [0.1, 0.15) is 25.8 Å². The van der Waals surface area contributed by atoms with Crippen LogP contribution in [0.15, 0.2) is 29.3 Å². The molecule has 0 spiro atoms. The smallest absolute Gasteiger partial charge is 0.193 e. The predicted octanol–water partition coefficient (Wildman–Crippen LogP) is 3.02. The van der Waals surface area contributed by atoms with E-state index in [1.165, 1.54) is 5.56 Å². The van der Waals surface area contributed by atoms with Gasteiger partial charge < -0.3 is 15.8 Å². The number of halogens is 1. The van der Waals surface area contributed by atoms with Crippen LogP contribution in [0, 0.1) is 0 Å². The first-order valence-electron chi connectivity index (χ1n) is 6.49. The number of hydrogen-bond acceptors (Lipinski definition) is 2. The molecule has 1 rings (SSSR count). The maximum absolute atomic E-state index is 5.79. The second-order valence-corrected chi connectivity index (χ2v) is 3.99. The zero-order valence-electron chi connectivity index (χ0n) is 11.7. The van der Waals surface area contributed by atoms with E-state index in [-0.39, 0.29) is 24.0 Å². The first-order chi connectivity index (χ1) is 8.76. The van der Waals surface area contributed by atoms with Crippen LogP contribution in [-0.2, 0) is 11.2 Å². The van der Waals surface area contributed by atoms with E-state index >= 15 is 0 Å². The van der Waals surface area contributed by atoms with Gasteiger partial charge in [0.05, 0.1) is 0 Å². The molecule has 0 fully saturated rings. The van der Waals surface area contributed by atoms with Crippen LogP contribution >= 0.6 is 24.0 Å². The van der Waals surface area contributed by atoms with Crippen LogP contribution in [0.3, 0.4) is 0 Å². The summed E-state index contributed by atoms with van der Waals surface area (Å²) in [6.45, 7) is 6.29. The fourth-order valence-corrected chi connectivity index (χ4v) is 1.52. The molecule has 1 aromatic rings. The fourth-order valence-electron chi connectivity index (χ4n) is 1.52. The van der Waals surface area contributed by atoms with Crippen molar-refractivity contribution in [3.63, 3.8) is 0 Å². The number of aryl methyl sites for hydroxylation is 1. The van der Waals surface area contributed by atoms with Crippen molar-refractivity contribution in [1.82, 2.24) is 0 Å². The van der Waals surface area contributed by atoms with Crippen molar-refractivity contribution in [3.05, 3.63) is 29.8 Å². The maximum Gasteiger partial charge on any atom is 0.193 e. The van der Waals surface area contributed by atoms with Crippen molar-refractivity contribution in [1.29, 1.82) is 0 Å². The quantitative estimate of drug-likeness (QED) is 0.332. The average Bonchev–Trinajstić information content (AvgIpc) is 2.39. The highest BCUT2D eigenvalue weighted by atomic mass is 127. The molecule has 19 heavy (non-hydrogen) atoms. The Morgan fingerprint density at radius 2 is 1.95 bits per heavy atom. The fraction of sp³-hybridized carbons (Fsp3) is 0.500. The molecule has 4 nitrogen and oxygen atoms in total. The third-order valence-corrected chi connectivity index (χ3v) is 2.57. The number of ether oxygens (including phenoxy) is 1. The Balaban J connectivity index is 0.00000324. The van der Waals surface area contributed by atoms with Crippen molar-refractivity contribution in [2.45, 2.75) is 26.7 Å². The largest absolute Gasteiger partial charge is 0.382 e. The standard InChI is InChI=1S/C14H23N3O.HI/c1-3-12-6-8-13(9-7-12)17-14(15)16-10-5-11-18-4-2;/h6-9H,3-5,10-11H2,1-2H3,(H3,15,16,17);1H. The molecule has 108 valence electrons. The number of hydrogen-bond donors (Lipinski definition) is 2. The number of guanidine groups is 1. The lowest BCUT2D eigenvalue weighted by molar-refractivity contribution is 0.146. The number of nitrogens with one attached hydrogen (secondary N) is 1. The Morgan fingerprint density at radius 3 is 2.53 bits per heavy atom. The lowest BCUT2D eigenvalue weighted by atomic mass is 10.1. The SMILES string of the molecule is CCOCCCN=C(N)Nc1ccc(CC)cc1.I. The highest BCUT2D eigenvalue weighted by Gasteiger charge is 1.95. The van der Waals surface area contributed by atoms with Gasteiger partial charge in [-0.15, -0.1) is 24.0 Å². The average molecular weight is 377 g/mol. The van der Waals surface area contributed by atoms with E-state index in [1.54, 1.807) is 0 Å². The van der Waals surface area contributed by atoms with Crippen molar-refractivity contribution < 1.29 is 4.74 Å². The topological polar surface area (TPSA) is 59.6 Å². The van der Waals surface area contributed by atoms with Gasteiger partial charge in [0.1, 0.15) is 0 Å². The summed E-state index contributed by atoms with van der Waals surface area (Å²) in [4.78, 5) is 4.24. The van der Waals surface area contributed by atoms with Crippen molar-refractivity contribution in [3.8, 4) is 0 Å². The summed E-state index contributed by atoms with van der Waals surface area (Å²) >= 11 is 0. The van der Waals surface area contributed by atoms with E-state index in [2.05, 4.69) is 29.4 Å². The Morgan fingerprint density at radius 1 is 1.26 bits per heavy atom. The van der Waals surface area contributed by atoms with Gasteiger partial charge in [0, 0.05) is 25.4 Å². The molecule has 0 saturated heterocycles. The van der Waals surface area contributed by atoms with E-state index in [0.29, 0.717) is 12.5 Å². The van der Waals surface area contributed by atoms with Crippen LogP contribution in [0.5, 0.6) is 0 Å². The minimum absolute atomic E-state index is 0. The molecule has 0 aromatic heterocycles. The molecule has 0 aliphatic rings. The van der Waals surface area contributed by atoms with Gasteiger partial charge in [-0.25, -0.2) is 0 Å². The monoisotopic (exact) mass is 377 g/mol. The summed E-state index contributed by atoms with van der Waals surface area (Å²) in [5.74, 6) is 0.454. The summed E-state index contributed by atoms with van der Waals surface area (Å²) in [5.41, 5.74) is 8.07. The first kappa shape index (κ1) is 18.2. The zero-order chi connectivity index (χ0) is 13.2. The Kier molecular flexibility index (Phi) is 10.6. The highest BCUT2D eigenvalue weighted by molar-refractivity contribution is 14.0. The van der Waals surface area contributed by atoms with Crippen LogP contribution in [0.25, 0.3) is 0 Å². The Bertz CT molecular complexity index is 365. The number of benzene rings is 1. The summed E-state index contributed by atoms with van der Waals surface area (Å²) < 4.78 is 5.23. The normalized spacial score (nSPS) is 10.9. The van der Waals surface area contributed by atoms with Crippen LogP contribution < -0.4 is 11.1 Å². The van der Waals surface area contributed by atoms with Gasteiger partial charge in [-0.1, -0.05) is 19.1 Å². The molecule has 0 aliphatic carbocycles. The maximum atomic E-state index is 5.79. The number of nitrogens with two attached hydrogens (primary N) is 1. The van der Waals surface area contributed by atoms with Gasteiger partial charge in [0.2, 0.25) is 0 Å². The van der Waals surface area contributed by atoms with Gasteiger partial charge in [-0.3, -0.25) is 4.99 Å². The molecule has 0 saturated carbocycles. The first-order valence-corrected chi connectivity index (χ1v) is 6.49. The highest BCUT2D eigenvalue weighted by Crippen LogP contribution is 2.09. The third kappa shape index (κ3) is 8.05. The van der Waals surface area contributed by atoms with Crippen LogP contribution in [0.4, 0.5) is 5.69 Å². The van der Waals surface area contributed by atoms with Crippen molar-refractivity contribution >= 4 is 35.6 Å². The molecule has 0 atom stereocenters. The van der Waals surface area contributed by atoms with Crippen molar-refractivity contribution in [2.75, 3.05) is 25.1 Å². The zero-order valence-corrected chi connectivity index (χ0v) is 14.0. The minimum atomic E-state index is 0. The second kappa shape index (κ2) is 11.0. The molecule has 0 heterocycles. The molecule has 1 aromatic carbocycles. The van der Waals surface area contributed by atoms with Crippen LogP contribution in [-0.4, -0.2) is 25.7 Å². The molecule has 0 amide bonds. The number of anilines is 1. The molecule has 0 aliphatic heterocycles. The van der Waals surface area contributed by atoms with Gasteiger partial charge in [-0.2, -0.15) is 0 Å². The Hall–Kier alpha value is -0.820. The van der Waals surface area contributed by atoms with E-state index in [0.717, 1.165) is 31.7 Å². The lowest BCUT2D eigenvalue weighted by Gasteiger charge is -2.06. The molecule has 3 N–H and O–H groups in total. The van der Waals surface area contributed by atoms with Gasteiger partial charge >= 0.3 is 0 Å². The van der Waals surface area contributed by atoms with Crippen molar-refractivity contribution in [2.24, 2.45) is 10.7 Å².